The molecule has 1 aliphatic carbocycles. The molecule has 3 rings (SSSR count). The van der Waals surface area contributed by atoms with E-state index in [2.05, 4.69) is 17.4 Å². The molecule has 0 unspecified atom stereocenters. The van der Waals surface area contributed by atoms with Gasteiger partial charge in [0.1, 0.15) is 5.75 Å². The molecule has 0 saturated heterocycles. The maximum Gasteiger partial charge on any atom is 0.122 e. The largest absolute Gasteiger partial charge is 0.496 e. The fraction of sp³-hybridized carbons (Fsp3) is 0.294. The summed E-state index contributed by atoms with van der Waals surface area (Å²) in [5.41, 5.74) is 2.34. The first-order chi connectivity index (χ1) is 9.78. The van der Waals surface area contributed by atoms with Crippen LogP contribution in [0.25, 0.3) is 0 Å². The van der Waals surface area contributed by atoms with Crippen LogP contribution in [0.1, 0.15) is 24.3 Å². The average molecular weight is 288 g/mol. The highest BCUT2D eigenvalue weighted by atomic mass is 35.5. The fourth-order valence-electron chi connectivity index (χ4n) is 2.79. The van der Waals surface area contributed by atoms with Crippen molar-refractivity contribution in [3.05, 3.63) is 59.1 Å². The Labute approximate surface area is 124 Å². The fourth-order valence-corrected chi connectivity index (χ4v) is 2.98. The number of para-hydroxylation sites is 2. The zero-order chi connectivity index (χ0) is 13.9. The quantitative estimate of drug-likeness (QED) is 0.879. The van der Waals surface area contributed by atoms with Gasteiger partial charge < -0.3 is 10.1 Å². The van der Waals surface area contributed by atoms with Gasteiger partial charge in [-0.2, -0.15) is 0 Å². The van der Waals surface area contributed by atoms with Gasteiger partial charge in [-0.3, -0.25) is 0 Å². The van der Waals surface area contributed by atoms with E-state index in [0.717, 1.165) is 29.3 Å². The molecule has 0 aromatic heterocycles. The summed E-state index contributed by atoms with van der Waals surface area (Å²) < 4.78 is 5.43. The molecule has 0 heterocycles. The van der Waals surface area contributed by atoms with Gasteiger partial charge in [0.2, 0.25) is 0 Å². The van der Waals surface area contributed by atoms with E-state index in [1.54, 1.807) is 7.11 Å². The summed E-state index contributed by atoms with van der Waals surface area (Å²) in [7, 11) is 1.73. The third kappa shape index (κ3) is 2.61. The van der Waals surface area contributed by atoms with E-state index in [9.17, 15) is 0 Å². The summed E-state index contributed by atoms with van der Waals surface area (Å²) in [6.07, 6.45) is 2.23. The van der Waals surface area contributed by atoms with E-state index in [-0.39, 0.29) is 0 Å². The van der Waals surface area contributed by atoms with E-state index in [4.69, 9.17) is 16.3 Å². The first kappa shape index (κ1) is 13.3. The van der Waals surface area contributed by atoms with Crippen LogP contribution in [0.4, 0.5) is 5.69 Å². The van der Waals surface area contributed by atoms with Gasteiger partial charge in [0, 0.05) is 6.04 Å². The molecule has 3 heteroatoms. The number of hydrogen-bond donors (Lipinski definition) is 1. The Morgan fingerprint density at radius 1 is 1.05 bits per heavy atom. The van der Waals surface area contributed by atoms with Crippen molar-refractivity contribution in [3.8, 4) is 5.75 Å². The monoisotopic (exact) mass is 287 g/mol. The van der Waals surface area contributed by atoms with Gasteiger partial charge in [0.15, 0.2) is 0 Å². The second-order valence-electron chi connectivity index (χ2n) is 5.23. The van der Waals surface area contributed by atoms with Gasteiger partial charge in [-0.15, -0.1) is 0 Å². The lowest BCUT2D eigenvalue weighted by Crippen LogP contribution is -2.34. The number of benzene rings is 2. The van der Waals surface area contributed by atoms with Gasteiger partial charge in [0.05, 0.1) is 17.8 Å². The molecule has 2 nitrogen and oxygen atoms in total. The van der Waals surface area contributed by atoms with Crippen molar-refractivity contribution < 1.29 is 4.74 Å². The van der Waals surface area contributed by atoms with Crippen molar-refractivity contribution in [1.82, 2.24) is 0 Å². The summed E-state index contributed by atoms with van der Waals surface area (Å²) in [5, 5.41) is 4.30. The average Bonchev–Trinajstić information content (AvgIpc) is 2.44. The maximum absolute atomic E-state index is 6.17. The lowest BCUT2D eigenvalue weighted by molar-refractivity contribution is 0.350. The molecule has 1 N–H and O–H groups in total. The molecule has 1 saturated carbocycles. The number of anilines is 1. The van der Waals surface area contributed by atoms with Crippen LogP contribution in [0.15, 0.2) is 48.5 Å². The summed E-state index contributed by atoms with van der Waals surface area (Å²) >= 11 is 6.17. The van der Waals surface area contributed by atoms with Crippen molar-refractivity contribution in [2.75, 3.05) is 12.4 Å². The van der Waals surface area contributed by atoms with Crippen molar-refractivity contribution in [2.45, 2.75) is 24.8 Å². The third-order valence-electron chi connectivity index (χ3n) is 3.95. The summed E-state index contributed by atoms with van der Waals surface area (Å²) in [5.74, 6) is 1.57. The van der Waals surface area contributed by atoms with Gasteiger partial charge >= 0.3 is 0 Å². The number of hydrogen-bond acceptors (Lipinski definition) is 2. The van der Waals surface area contributed by atoms with Crippen LogP contribution in [0.5, 0.6) is 5.75 Å². The van der Waals surface area contributed by atoms with E-state index in [0.29, 0.717) is 12.0 Å². The molecule has 2 aromatic carbocycles. The second-order valence-corrected chi connectivity index (χ2v) is 5.64. The molecule has 0 bridgehead atoms. The molecular formula is C17H18ClNO. The summed E-state index contributed by atoms with van der Waals surface area (Å²) in [6.45, 7) is 0. The zero-order valence-corrected chi connectivity index (χ0v) is 12.2. The number of halogens is 1. The Balaban J connectivity index is 1.63. The van der Waals surface area contributed by atoms with Crippen LogP contribution in [0.3, 0.4) is 0 Å². The van der Waals surface area contributed by atoms with E-state index >= 15 is 0 Å². The van der Waals surface area contributed by atoms with E-state index in [1.807, 2.05) is 36.4 Å². The molecule has 0 spiro atoms. The van der Waals surface area contributed by atoms with Crippen LogP contribution in [-0.2, 0) is 0 Å². The van der Waals surface area contributed by atoms with Gasteiger partial charge in [0.25, 0.3) is 0 Å². The van der Waals surface area contributed by atoms with Crippen LogP contribution in [0.2, 0.25) is 5.02 Å². The predicted molar refractivity (Wildman–Crippen MR) is 83.8 cm³/mol. The smallest absolute Gasteiger partial charge is 0.122 e. The topological polar surface area (TPSA) is 21.3 Å². The van der Waals surface area contributed by atoms with E-state index < -0.39 is 0 Å². The number of methoxy groups -OCH3 is 1. The molecule has 0 aliphatic heterocycles. The van der Waals surface area contributed by atoms with Crippen LogP contribution < -0.4 is 10.1 Å². The molecule has 20 heavy (non-hydrogen) atoms. The third-order valence-corrected chi connectivity index (χ3v) is 4.28. The molecule has 0 amide bonds. The molecule has 1 fully saturated rings. The normalized spacial score (nSPS) is 21.1. The van der Waals surface area contributed by atoms with Crippen molar-refractivity contribution >= 4 is 17.3 Å². The Morgan fingerprint density at radius 2 is 1.75 bits per heavy atom. The Bertz CT molecular complexity index is 593. The highest BCUT2D eigenvalue weighted by Crippen LogP contribution is 2.42. The molecule has 104 valence electrons. The molecule has 0 radical (unpaired) electrons. The minimum atomic E-state index is 0.491. The SMILES string of the molecule is COc1ccccc1C1CC(Nc2ccccc2Cl)C1. The molecule has 2 aromatic rings. The standard InChI is InChI=1S/C17H18ClNO/c1-20-17-9-5-2-6-14(17)12-10-13(11-12)19-16-8-4-3-7-15(16)18/h2-9,12-13,19H,10-11H2,1H3. The Kier molecular flexibility index (Phi) is 3.83. The van der Waals surface area contributed by atoms with Crippen LogP contribution in [-0.4, -0.2) is 13.2 Å². The van der Waals surface area contributed by atoms with Crippen molar-refractivity contribution in [1.29, 1.82) is 0 Å². The minimum Gasteiger partial charge on any atom is -0.496 e. The van der Waals surface area contributed by atoms with E-state index in [1.165, 1.54) is 5.56 Å². The minimum absolute atomic E-state index is 0.491. The number of rotatable bonds is 4. The molecular weight excluding hydrogens is 270 g/mol. The highest BCUT2D eigenvalue weighted by Gasteiger charge is 2.32. The number of ether oxygens (including phenoxy) is 1. The van der Waals surface area contributed by atoms with Crippen molar-refractivity contribution in [3.63, 3.8) is 0 Å². The summed E-state index contributed by atoms with van der Waals surface area (Å²) in [4.78, 5) is 0. The lowest BCUT2D eigenvalue weighted by Gasteiger charge is -2.37. The Morgan fingerprint density at radius 3 is 2.50 bits per heavy atom. The molecule has 1 aliphatic rings. The van der Waals surface area contributed by atoms with Gasteiger partial charge in [-0.1, -0.05) is 41.9 Å². The first-order valence-corrected chi connectivity index (χ1v) is 7.29. The maximum atomic E-state index is 6.17. The first-order valence-electron chi connectivity index (χ1n) is 6.92. The van der Waals surface area contributed by atoms with Crippen LogP contribution in [0, 0.1) is 0 Å². The highest BCUT2D eigenvalue weighted by molar-refractivity contribution is 6.33. The number of nitrogens with one attached hydrogen (secondary N) is 1. The van der Waals surface area contributed by atoms with Crippen molar-refractivity contribution in [2.24, 2.45) is 0 Å². The predicted octanol–water partition coefficient (Wildman–Crippen LogP) is 4.71. The molecule has 0 atom stereocenters. The Hall–Kier alpha value is -1.67. The summed E-state index contributed by atoms with van der Waals surface area (Å²) in [6, 6.07) is 16.7. The zero-order valence-electron chi connectivity index (χ0n) is 11.5. The van der Waals surface area contributed by atoms with Crippen LogP contribution >= 0.6 is 11.6 Å². The lowest BCUT2D eigenvalue weighted by atomic mass is 9.75. The second kappa shape index (κ2) is 5.76. The van der Waals surface area contributed by atoms with Gasteiger partial charge in [-0.05, 0) is 42.5 Å². The van der Waals surface area contributed by atoms with Gasteiger partial charge in [-0.25, -0.2) is 0 Å².